The zero-order chi connectivity index (χ0) is 16.5. The van der Waals surface area contributed by atoms with Crippen molar-refractivity contribution >= 4 is 50.5 Å². The van der Waals surface area contributed by atoms with Crippen molar-refractivity contribution in [2.45, 2.75) is 5.66 Å². The van der Waals surface area contributed by atoms with Crippen LogP contribution in [0.4, 0.5) is 11.6 Å². The van der Waals surface area contributed by atoms with E-state index in [0.29, 0.717) is 5.95 Å². The fourth-order valence-electron chi connectivity index (χ4n) is 3.45. The van der Waals surface area contributed by atoms with Crippen molar-refractivity contribution in [3.63, 3.8) is 0 Å². The molecule has 5 N–H and O–H groups in total. The SMILES string of the molecule is NC1=N[C@]2(C(=O)Nc3ccc(Br)cc32)[n+]2c([nH]c3ccccc32)N1. The average molecular weight is 384 g/mol. The first-order chi connectivity index (χ1) is 11.6. The third-order valence-corrected chi connectivity index (χ3v) is 4.89. The number of imidazole rings is 1. The maximum absolute atomic E-state index is 13.0. The van der Waals surface area contributed by atoms with Crippen LogP contribution in [0, 0.1) is 0 Å². The Kier molecular flexibility index (Phi) is 2.46. The second-order valence-corrected chi connectivity index (χ2v) is 6.68. The van der Waals surface area contributed by atoms with Gasteiger partial charge in [-0.25, -0.2) is 10.3 Å². The van der Waals surface area contributed by atoms with E-state index in [1.54, 1.807) is 0 Å². The molecule has 5 rings (SSSR count). The molecule has 0 radical (unpaired) electrons. The molecule has 2 aliphatic rings. The van der Waals surface area contributed by atoms with Gasteiger partial charge in [0, 0.05) is 4.47 Å². The van der Waals surface area contributed by atoms with E-state index in [1.807, 2.05) is 47.0 Å². The van der Waals surface area contributed by atoms with Crippen LogP contribution in [0.5, 0.6) is 0 Å². The van der Waals surface area contributed by atoms with Crippen LogP contribution in [0.15, 0.2) is 51.9 Å². The molecule has 2 aliphatic heterocycles. The van der Waals surface area contributed by atoms with Gasteiger partial charge in [0.15, 0.2) is 0 Å². The number of anilines is 2. The lowest BCUT2D eigenvalue weighted by Crippen LogP contribution is -2.64. The summed E-state index contributed by atoms with van der Waals surface area (Å²) in [6.07, 6.45) is 0. The number of hydrogen-bond donors (Lipinski definition) is 4. The Morgan fingerprint density at radius 1 is 1.17 bits per heavy atom. The van der Waals surface area contributed by atoms with Crippen LogP contribution in [-0.4, -0.2) is 16.9 Å². The summed E-state index contributed by atoms with van der Waals surface area (Å²) >= 11 is 3.48. The molecule has 0 fully saturated rings. The van der Waals surface area contributed by atoms with Crippen molar-refractivity contribution in [1.82, 2.24) is 4.98 Å². The van der Waals surface area contributed by atoms with Crippen molar-refractivity contribution in [1.29, 1.82) is 0 Å². The first kappa shape index (κ1) is 13.6. The normalized spacial score (nSPS) is 21.2. The number of nitrogens with one attached hydrogen (secondary N) is 3. The fourth-order valence-corrected chi connectivity index (χ4v) is 3.81. The van der Waals surface area contributed by atoms with Crippen LogP contribution in [-0.2, 0) is 10.5 Å². The van der Waals surface area contributed by atoms with Crippen LogP contribution in [0.2, 0.25) is 0 Å². The molecule has 1 atom stereocenters. The number of hydrogen-bond acceptors (Lipinski definition) is 4. The topological polar surface area (TPSA) is 99.2 Å². The molecule has 0 saturated carbocycles. The summed E-state index contributed by atoms with van der Waals surface area (Å²) in [5.41, 5.74) is 7.95. The Hall–Kier alpha value is -2.87. The number of rotatable bonds is 0. The molecule has 1 aromatic heterocycles. The summed E-state index contributed by atoms with van der Waals surface area (Å²) < 4.78 is 2.72. The highest BCUT2D eigenvalue weighted by Gasteiger charge is 2.56. The zero-order valence-electron chi connectivity index (χ0n) is 12.3. The largest absolute Gasteiger partial charge is 0.366 e. The number of nitrogens with two attached hydrogens (primary N) is 1. The van der Waals surface area contributed by atoms with Gasteiger partial charge in [-0.05, 0) is 30.3 Å². The second-order valence-electron chi connectivity index (χ2n) is 5.76. The number of aromatic nitrogens is 2. The van der Waals surface area contributed by atoms with Crippen molar-refractivity contribution < 1.29 is 9.36 Å². The van der Waals surface area contributed by atoms with Crippen LogP contribution in [0.25, 0.3) is 11.0 Å². The predicted molar refractivity (Wildman–Crippen MR) is 93.6 cm³/mol. The Labute approximate surface area is 144 Å². The van der Waals surface area contributed by atoms with Gasteiger partial charge in [-0.1, -0.05) is 28.1 Å². The first-order valence-corrected chi connectivity index (χ1v) is 8.16. The smallest absolute Gasteiger partial charge is 0.357 e. The highest BCUT2D eigenvalue weighted by atomic mass is 79.9. The molecule has 1 amide bonds. The minimum Gasteiger partial charge on any atom is -0.357 e. The van der Waals surface area contributed by atoms with Crippen molar-refractivity contribution in [2.75, 3.05) is 10.6 Å². The molecule has 8 heteroatoms. The second kappa shape index (κ2) is 4.35. The molecule has 118 valence electrons. The summed E-state index contributed by atoms with van der Waals surface area (Å²) in [6, 6.07) is 13.4. The van der Waals surface area contributed by atoms with Crippen LogP contribution in [0.1, 0.15) is 5.56 Å². The fraction of sp³-hybridized carbons (Fsp3) is 0.0625. The highest BCUT2D eigenvalue weighted by molar-refractivity contribution is 9.10. The molecule has 3 heterocycles. The average Bonchev–Trinajstić information content (AvgIpc) is 3.04. The van der Waals surface area contributed by atoms with E-state index in [0.717, 1.165) is 26.8 Å². The lowest BCUT2D eigenvalue weighted by atomic mass is 10.00. The minimum absolute atomic E-state index is 0.185. The lowest BCUT2D eigenvalue weighted by molar-refractivity contribution is -0.700. The third-order valence-electron chi connectivity index (χ3n) is 4.40. The van der Waals surface area contributed by atoms with E-state index >= 15 is 0 Å². The van der Waals surface area contributed by atoms with E-state index in [2.05, 4.69) is 36.5 Å². The van der Waals surface area contributed by atoms with Crippen molar-refractivity contribution in [3.05, 3.63) is 52.5 Å². The Bertz CT molecular complexity index is 1070. The highest BCUT2D eigenvalue weighted by Crippen LogP contribution is 2.41. The number of para-hydroxylation sites is 2. The number of H-pyrrole nitrogens is 1. The number of benzene rings is 2. The third kappa shape index (κ3) is 1.53. The Balaban J connectivity index is 1.94. The molecular formula is C16H12BrN6O+. The number of aromatic amines is 1. The molecule has 0 bridgehead atoms. The number of guanidine groups is 1. The maximum Gasteiger partial charge on any atom is 0.366 e. The van der Waals surface area contributed by atoms with Crippen molar-refractivity contribution in [2.24, 2.45) is 10.7 Å². The molecule has 0 unspecified atom stereocenters. The summed E-state index contributed by atoms with van der Waals surface area (Å²) in [6.45, 7) is 0. The van der Waals surface area contributed by atoms with Crippen LogP contribution >= 0.6 is 15.9 Å². The Morgan fingerprint density at radius 2 is 2.00 bits per heavy atom. The van der Waals surface area contributed by atoms with Gasteiger partial charge in [0.2, 0.25) is 0 Å². The number of nitrogens with zero attached hydrogens (tertiary/aromatic N) is 2. The van der Waals surface area contributed by atoms with E-state index in [9.17, 15) is 4.79 Å². The van der Waals surface area contributed by atoms with Crippen LogP contribution in [0.3, 0.4) is 0 Å². The van der Waals surface area contributed by atoms with Gasteiger partial charge < -0.3 is 11.1 Å². The lowest BCUT2D eigenvalue weighted by Gasteiger charge is -2.26. The molecule has 3 aromatic rings. The van der Waals surface area contributed by atoms with Gasteiger partial charge in [0.25, 0.3) is 17.5 Å². The quantitative estimate of drug-likeness (QED) is 0.443. The van der Waals surface area contributed by atoms with Gasteiger partial charge in [0.1, 0.15) is 11.0 Å². The number of carbonyl (C=O) groups is 1. The number of fused-ring (bicyclic) bond motifs is 6. The van der Waals surface area contributed by atoms with E-state index in [1.165, 1.54) is 0 Å². The number of aliphatic imine (C=N–C) groups is 1. The molecule has 1 spiro atoms. The molecule has 0 saturated heterocycles. The summed E-state index contributed by atoms with van der Waals surface area (Å²) in [5.74, 6) is 0.562. The van der Waals surface area contributed by atoms with E-state index in [-0.39, 0.29) is 11.9 Å². The monoisotopic (exact) mass is 383 g/mol. The van der Waals surface area contributed by atoms with Gasteiger partial charge >= 0.3 is 5.95 Å². The summed E-state index contributed by atoms with van der Waals surface area (Å²) in [5, 5.41) is 5.93. The Morgan fingerprint density at radius 3 is 2.88 bits per heavy atom. The molecule has 24 heavy (non-hydrogen) atoms. The number of carbonyl (C=O) groups excluding carboxylic acids is 1. The van der Waals surface area contributed by atoms with Gasteiger partial charge in [-0.3, -0.25) is 4.79 Å². The number of halogens is 1. The first-order valence-electron chi connectivity index (χ1n) is 7.37. The summed E-state index contributed by atoms with van der Waals surface area (Å²) in [4.78, 5) is 20.8. The van der Waals surface area contributed by atoms with E-state index < -0.39 is 5.66 Å². The van der Waals surface area contributed by atoms with Crippen molar-refractivity contribution in [3.8, 4) is 0 Å². The minimum atomic E-state index is -1.27. The molecule has 0 aliphatic carbocycles. The van der Waals surface area contributed by atoms with Gasteiger partial charge in [-0.15, -0.1) is 0 Å². The maximum atomic E-state index is 13.0. The standard InChI is InChI=1S/C16H11BrN6O/c17-8-5-6-10-9(7-8)16(13(24)19-10)22-14(18)21-15-20-11-3-1-2-4-12(11)23(15)16/h1-7H,(H4,18,19,20,21,22,24)/p+1/t16-/m0/s1. The van der Waals surface area contributed by atoms with Crippen LogP contribution < -0.4 is 20.9 Å². The zero-order valence-corrected chi connectivity index (χ0v) is 13.9. The molecular weight excluding hydrogens is 372 g/mol. The van der Waals surface area contributed by atoms with E-state index in [4.69, 9.17) is 5.73 Å². The molecule has 7 nitrogen and oxygen atoms in total. The van der Waals surface area contributed by atoms with Gasteiger partial charge in [0.05, 0.1) is 11.3 Å². The van der Waals surface area contributed by atoms with Gasteiger partial charge in [-0.2, -0.15) is 9.56 Å². The summed E-state index contributed by atoms with van der Waals surface area (Å²) in [7, 11) is 0. The predicted octanol–water partition coefficient (Wildman–Crippen LogP) is 1.61. The molecule has 2 aromatic carbocycles. The number of amides is 1.